The van der Waals surface area contributed by atoms with E-state index < -0.39 is 0 Å². The van der Waals surface area contributed by atoms with Crippen LogP contribution < -0.4 is 5.32 Å². The zero-order chi connectivity index (χ0) is 11.0. The van der Waals surface area contributed by atoms with Gasteiger partial charge in [0.2, 0.25) is 5.13 Å². The maximum absolute atomic E-state index is 4.50. The summed E-state index contributed by atoms with van der Waals surface area (Å²) in [5, 5.41) is 8.65. The minimum absolute atomic E-state index is 0.648. The van der Waals surface area contributed by atoms with Gasteiger partial charge in [0, 0.05) is 24.0 Å². The molecule has 0 atom stereocenters. The molecule has 84 valence electrons. The summed E-state index contributed by atoms with van der Waals surface area (Å²) in [4.78, 5) is 4.50. The summed E-state index contributed by atoms with van der Waals surface area (Å²) in [5.74, 6) is 1.68. The maximum atomic E-state index is 4.50. The van der Waals surface area contributed by atoms with E-state index in [9.17, 15) is 0 Å². The van der Waals surface area contributed by atoms with Gasteiger partial charge in [-0.05, 0) is 41.7 Å². The largest absolute Gasteiger partial charge is 0.356 e. The van der Waals surface area contributed by atoms with E-state index in [0.29, 0.717) is 5.92 Å². The van der Waals surface area contributed by atoms with E-state index >= 15 is 0 Å². The fourth-order valence-corrected chi connectivity index (χ4v) is 3.05. The van der Waals surface area contributed by atoms with Crippen LogP contribution >= 0.6 is 22.9 Å². The SMILES string of the molecule is Cc1cscc1CNc1nc(C2CC2)ns1. The van der Waals surface area contributed by atoms with Crippen LogP contribution in [0.2, 0.25) is 0 Å². The van der Waals surface area contributed by atoms with Crippen molar-refractivity contribution < 1.29 is 0 Å². The fourth-order valence-electron chi connectivity index (χ4n) is 1.55. The molecular weight excluding hydrogens is 238 g/mol. The lowest BCUT2D eigenvalue weighted by molar-refractivity contribution is 0.979. The zero-order valence-corrected chi connectivity index (χ0v) is 10.7. The summed E-state index contributed by atoms with van der Waals surface area (Å²) in [6.45, 7) is 3.00. The molecule has 0 saturated heterocycles. The first-order valence-electron chi connectivity index (χ1n) is 5.42. The molecule has 0 amide bonds. The Kier molecular flexibility index (Phi) is 2.65. The van der Waals surface area contributed by atoms with E-state index in [2.05, 4.69) is 32.4 Å². The first kappa shape index (κ1) is 10.2. The fraction of sp³-hybridized carbons (Fsp3) is 0.455. The van der Waals surface area contributed by atoms with Gasteiger partial charge < -0.3 is 5.32 Å². The highest BCUT2D eigenvalue weighted by atomic mass is 32.1. The van der Waals surface area contributed by atoms with Crippen LogP contribution in [-0.4, -0.2) is 9.36 Å². The Morgan fingerprint density at radius 3 is 3.00 bits per heavy atom. The van der Waals surface area contributed by atoms with Crippen LogP contribution in [0.1, 0.15) is 35.7 Å². The van der Waals surface area contributed by atoms with Gasteiger partial charge in [0.25, 0.3) is 0 Å². The van der Waals surface area contributed by atoms with Gasteiger partial charge in [0.15, 0.2) is 0 Å². The Labute approximate surface area is 103 Å². The topological polar surface area (TPSA) is 37.8 Å². The minimum Gasteiger partial charge on any atom is -0.356 e. The van der Waals surface area contributed by atoms with E-state index in [1.54, 1.807) is 11.3 Å². The van der Waals surface area contributed by atoms with Gasteiger partial charge in [-0.1, -0.05) is 0 Å². The number of nitrogens with one attached hydrogen (secondary N) is 1. The highest BCUT2D eigenvalue weighted by Gasteiger charge is 2.27. The molecule has 2 aromatic rings. The van der Waals surface area contributed by atoms with Crippen molar-refractivity contribution in [2.45, 2.75) is 32.2 Å². The Balaban J connectivity index is 1.63. The molecule has 3 rings (SSSR count). The van der Waals surface area contributed by atoms with Crippen LogP contribution in [0.25, 0.3) is 0 Å². The Bertz CT molecular complexity index is 485. The molecule has 1 N–H and O–H groups in total. The average molecular weight is 251 g/mol. The van der Waals surface area contributed by atoms with E-state index in [1.165, 1.54) is 35.5 Å². The van der Waals surface area contributed by atoms with Gasteiger partial charge in [0.1, 0.15) is 5.82 Å². The predicted octanol–water partition coefficient (Wildman–Crippen LogP) is 3.40. The number of aromatic nitrogens is 2. The third-order valence-corrected chi connectivity index (χ3v) is 4.37. The number of nitrogens with zero attached hydrogens (tertiary/aromatic N) is 2. The quantitative estimate of drug-likeness (QED) is 0.905. The van der Waals surface area contributed by atoms with E-state index in [4.69, 9.17) is 0 Å². The van der Waals surface area contributed by atoms with Crippen LogP contribution in [0.5, 0.6) is 0 Å². The lowest BCUT2D eigenvalue weighted by Gasteiger charge is -2.00. The van der Waals surface area contributed by atoms with Crippen molar-refractivity contribution >= 4 is 28.0 Å². The Hall–Kier alpha value is -0.940. The molecule has 2 heterocycles. The van der Waals surface area contributed by atoms with E-state index in [0.717, 1.165) is 17.5 Å². The molecule has 5 heteroatoms. The number of aryl methyl sites for hydroxylation is 1. The van der Waals surface area contributed by atoms with Gasteiger partial charge in [0.05, 0.1) is 0 Å². The van der Waals surface area contributed by atoms with Crippen LogP contribution in [0.4, 0.5) is 5.13 Å². The molecule has 1 fully saturated rings. The number of rotatable bonds is 4. The summed E-state index contributed by atoms with van der Waals surface area (Å²) in [7, 11) is 0. The maximum Gasteiger partial charge on any atom is 0.202 e. The second-order valence-electron chi connectivity index (χ2n) is 4.17. The van der Waals surface area contributed by atoms with Gasteiger partial charge in [-0.25, -0.2) is 4.98 Å². The molecule has 0 spiro atoms. The number of thiophene rings is 1. The van der Waals surface area contributed by atoms with Gasteiger partial charge in [-0.2, -0.15) is 15.7 Å². The summed E-state index contributed by atoms with van der Waals surface area (Å²) in [5.41, 5.74) is 2.71. The summed E-state index contributed by atoms with van der Waals surface area (Å²) < 4.78 is 4.37. The minimum atomic E-state index is 0.648. The zero-order valence-electron chi connectivity index (χ0n) is 9.06. The van der Waals surface area contributed by atoms with Crippen LogP contribution in [-0.2, 0) is 6.54 Å². The number of hydrogen-bond donors (Lipinski definition) is 1. The highest BCUT2D eigenvalue weighted by Crippen LogP contribution is 2.39. The lowest BCUT2D eigenvalue weighted by Crippen LogP contribution is -1.99. The van der Waals surface area contributed by atoms with Crippen molar-refractivity contribution in [3.63, 3.8) is 0 Å². The van der Waals surface area contributed by atoms with E-state index in [1.807, 2.05) is 0 Å². The molecule has 0 aliphatic heterocycles. The third kappa shape index (κ3) is 2.10. The number of anilines is 1. The second kappa shape index (κ2) is 4.14. The summed E-state index contributed by atoms with van der Waals surface area (Å²) in [6.07, 6.45) is 2.53. The molecule has 0 bridgehead atoms. The molecular formula is C11H13N3S2. The average Bonchev–Trinajstić information content (AvgIpc) is 2.89. The molecule has 2 aromatic heterocycles. The summed E-state index contributed by atoms with van der Waals surface area (Å²) in [6, 6.07) is 0. The van der Waals surface area contributed by atoms with Gasteiger partial charge >= 0.3 is 0 Å². The molecule has 0 unspecified atom stereocenters. The first-order chi connectivity index (χ1) is 7.83. The molecule has 0 aromatic carbocycles. The Morgan fingerprint density at radius 1 is 1.44 bits per heavy atom. The molecule has 1 aliphatic carbocycles. The van der Waals surface area contributed by atoms with Crippen molar-refractivity contribution in [1.82, 2.24) is 9.36 Å². The normalized spacial score (nSPS) is 15.3. The van der Waals surface area contributed by atoms with Crippen molar-refractivity contribution in [3.05, 3.63) is 27.7 Å². The molecule has 3 nitrogen and oxygen atoms in total. The van der Waals surface area contributed by atoms with Crippen LogP contribution in [0, 0.1) is 6.92 Å². The standard InChI is InChI=1S/C11H13N3S2/c1-7-5-15-6-9(7)4-12-11-13-10(14-16-11)8-2-3-8/h5-6,8H,2-4H2,1H3,(H,12,13,14). The second-order valence-corrected chi connectivity index (χ2v) is 5.66. The van der Waals surface area contributed by atoms with Crippen molar-refractivity contribution in [1.29, 1.82) is 0 Å². The summed E-state index contributed by atoms with van der Waals surface area (Å²) >= 11 is 3.23. The van der Waals surface area contributed by atoms with Crippen molar-refractivity contribution in [2.75, 3.05) is 5.32 Å². The van der Waals surface area contributed by atoms with Gasteiger partial charge in [-0.3, -0.25) is 0 Å². The van der Waals surface area contributed by atoms with Gasteiger partial charge in [-0.15, -0.1) is 0 Å². The lowest BCUT2D eigenvalue weighted by atomic mass is 10.2. The van der Waals surface area contributed by atoms with Crippen LogP contribution in [0.15, 0.2) is 10.8 Å². The number of hydrogen-bond acceptors (Lipinski definition) is 5. The highest BCUT2D eigenvalue weighted by molar-refractivity contribution is 7.09. The predicted molar refractivity (Wildman–Crippen MR) is 68.3 cm³/mol. The molecule has 0 radical (unpaired) electrons. The third-order valence-electron chi connectivity index (χ3n) is 2.78. The first-order valence-corrected chi connectivity index (χ1v) is 7.13. The molecule has 1 saturated carbocycles. The van der Waals surface area contributed by atoms with Crippen LogP contribution in [0.3, 0.4) is 0 Å². The van der Waals surface area contributed by atoms with E-state index in [-0.39, 0.29) is 0 Å². The molecule has 16 heavy (non-hydrogen) atoms. The van der Waals surface area contributed by atoms with Crippen molar-refractivity contribution in [2.24, 2.45) is 0 Å². The monoisotopic (exact) mass is 251 g/mol. The van der Waals surface area contributed by atoms with Crippen molar-refractivity contribution in [3.8, 4) is 0 Å². The Morgan fingerprint density at radius 2 is 2.31 bits per heavy atom. The molecule has 1 aliphatic rings. The smallest absolute Gasteiger partial charge is 0.202 e.